The van der Waals surface area contributed by atoms with Gasteiger partial charge in [0.15, 0.2) is 5.78 Å². The number of nitro groups is 1. The maximum absolute atomic E-state index is 13.4. The monoisotopic (exact) mass is 472 g/mol. The minimum Gasteiger partial charge on any atom is -0.462 e. The Hall–Kier alpha value is -4.66. The van der Waals surface area contributed by atoms with Crippen LogP contribution in [0.2, 0.25) is 0 Å². The molecule has 0 aromatic heterocycles. The van der Waals surface area contributed by atoms with Gasteiger partial charge in [0.2, 0.25) is 5.78 Å². The van der Waals surface area contributed by atoms with Crippen LogP contribution in [-0.4, -0.2) is 35.0 Å². The highest BCUT2D eigenvalue weighted by atomic mass is 16.6. The van der Waals surface area contributed by atoms with Crippen LogP contribution in [0.5, 0.6) is 0 Å². The minimum atomic E-state index is -1.41. The first-order valence-electron chi connectivity index (χ1n) is 10.8. The summed E-state index contributed by atoms with van der Waals surface area (Å²) in [5, 5.41) is 11.4. The highest BCUT2D eigenvalue weighted by Crippen LogP contribution is 2.42. The van der Waals surface area contributed by atoms with Crippen molar-refractivity contribution in [1.82, 2.24) is 0 Å². The summed E-state index contributed by atoms with van der Waals surface area (Å²) in [6.07, 6.45) is 0. The molecule has 3 aromatic rings. The zero-order valence-corrected chi connectivity index (χ0v) is 18.6. The third-order valence-corrected chi connectivity index (χ3v) is 5.73. The molecule has 1 aliphatic heterocycles. The number of hydrogen-bond acceptors (Lipinski definition) is 7. The third-order valence-electron chi connectivity index (χ3n) is 5.73. The van der Waals surface area contributed by atoms with Gasteiger partial charge in [-0.1, -0.05) is 42.5 Å². The first kappa shape index (κ1) is 23.5. The number of nitro benzene ring substituents is 1. The van der Waals surface area contributed by atoms with Crippen molar-refractivity contribution >= 4 is 34.8 Å². The number of benzene rings is 3. The highest BCUT2D eigenvalue weighted by molar-refractivity contribution is 6.49. The molecule has 0 N–H and O–H groups in total. The molecule has 2 atom stereocenters. The van der Waals surface area contributed by atoms with E-state index >= 15 is 0 Å². The van der Waals surface area contributed by atoms with E-state index in [0.29, 0.717) is 0 Å². The Balaban J connectivity index is 1.83. The predicted molar refractivity (Wildman–Crippen MR) is 125 cm³/mol. The van der Waals surface area contributed by atoms with Gasteiger partial charge in [-0.15, -0.1) is 0 Å². The van der Waals surface area contributed by atoms with Crippen molar-refractivity contribution in [2.24, 2.45) is 5.92 Å². The molecule has 35 heavy (non-hydrogen) atoms. The summed E-state index contributed by atoms with van der Waals surface area (Å²) in [6.45, 7) is 1.87. The molecule has 0 spiro atoms. The van der Waals surface area contributed by atoms with Crippen molar-refractivity contribution < 1.29 is 28.8 Å². The number of esters is 1. The van der Waals surface area contributed by atoms with Crippen LogP contribution >= 0.6 is 0 Å². The molecule has 0 radical (unpaired) electrons. The van der Waals surface area contributed by atoms with Crippen LogP contribution in [0.15, 0.2) is 78.9 Å². The fourth-order valence-electron chi connectivity index (χ4n) is 4.13. The van der Waals surface area contributed by atoms with Crippen LogP contribution in [0.4, 0.5) is 11.4 Å². The van der Waals surface area contributed by atoms with Crippen molar-refractivity contribution in [3.8, 4) is 0 Å². The third kappa shape index (κ3) is 4.43. The van der Waals surface area contributed by atoms with E-state index in [1.165, 1.54) is 48.5 Å². The highest BCUT2D eigenvalue weighted by Gasteiger charge is 2.52. The molecule has 1 amide bonds. The molecule has 0 saturated carbocycles. The Morgan fingerprint density at radius 1 is 0.943 bits per heavy atom. The fourth-order valence-corrected chi connectivity index (χ4v) is 4.13. The summed E-state index contributed by atoms with van der Waals surface area (Å²) < 4.78 is 4.97. The zero-order valence-electron chi connectivity index (χ0n) is 18.6. The maximum Gasteiger partial charge on any atom is 0.338 e. The first-order valence-corrected chi connectivity index (χ1v) is 10.8. The Morgan fingerprint density at radius 3 is 2.26 bits per heavy atom. The maximum atomic E-state index is 13.4. The average molecular weight is 472 g/mol. The number of amides is 1. The number of rotatable bonds is 7. The number of hydrogen-bond donors (Lipinski definition) is 0. The number of Topliss-reactive ketones (excluding diaryl/α,β-unsaturated/α-hetero) is 2. The van der Waals surface area contributed by atoms with Crippen LogP contribution < -0.4 is 4.90 Å². The summed E-state index contributed by atoms with van der Waals surface area (Å²) in [7, 11) is 0. The molecular weight excluding hydrogens is 452 g/mol. The number of ketones is 2. The van der Waals surface area contributed by atoms with Crippen molar-refractivity contribution in [2.45, 2.75) is 13.0 Å². The lowest BCUT2D eigenvalue weighted by Crippen LogP contribution is -2.30. The van der Waals surface area contributed by atoms with Gasteiger partial charge in [-0.25, -0.2) is 4.79 Å². The zero-order chi connectivity index (χ0) is 25.1. The SMILES string of the molecule is CCOC(=O)c1ccc(N2C(=O)C(=O)C(C(=O)c3ccccc3)C2c2cccc([N+](=O)[O-])c2)cc1. The number of non-ortho nitro benzene ring substituents is 1. The minimum absolute atomic E-state index is 0.192. The van der Waals surface area contributed by atoms with Crippen molar-refractivity contribution in [3.63, 3.8) is 0 Å². The molecule has 176 valence electrons. The largest absolute Gasteiger partial charge is 0.462 e. The second-order valence-electron chi connectivity index (χ2n) is 7.81. The van der Waals surface area contributed by atoms with Gasteiger partial charge in [0.25, 0.3) is 11.6 Å². The van der Waals surface area contributed by atoms with Crippen LogP contribution in [-0.2, 0) is 14.3 Å². The van der Waals surface area contributed by atoms with Gasteiger partial charge in [0.05, 0.1) is 23.1 Å². The van der Waals surface area contributed by atoms with E-state index in [0.717, 1.165) is 4.90 Å². The Kier molecular flexibility index (Phi) is 6.50. The topological polar surface area (TPSA) is 124 Å². The van der Waals surface area contributed by atoms with Gasteiger partial charge in [0.1, 0.15) is 5.92 Å². The van der Waals surface area contributed by atoms with Gasteiger partial charge in [-0.05, 0) is 36.8 Å². The summed E-state index contributed by atoms with van der Waals surface area (Å²) >= 11 is 0. The van der Waals surface area contributed by atoms with E-state index in [1.807, 2.05) is 0 Å². The van der Waals surface area contributed by atoms with Crippen molar-refractivity contribution in [2.75, 3.05) is 11.5 Å². The molecule has 1 saturated heterocycles. The van der Waals surface area contributed by atoms with E-state index in [1.54, 1.807) is 37.3 Å². The molecule has 0 bridgehead atoms. The van der Waals surface area contributed by atoms with Crippen molar-refractivity contribution in [3.05, 3.63) is 106 Å². The van der Waals surface area contributed by atoms with Crippen LogP contribution in [0.1, 0.15) is 39.2 Å². The summed E-state index contributed by atoms with van der Waals surface area (Å²) in [6, 6.07) is 18.3. The number of carbonyl (C=O) groups excluding carboxylic acids is 4. The lowest BCUT2D eigenvalue weighted by Gasteiger charge is -2.27. The Labute approximate surface area is 200 Å². The summed E-state index contributed by atoms with van der Waals surface area (Å²) in [5.41, 5.74) is 0.780. The molecule has 9 nitrogen and oxygen atoms in total. The number of nitrogens with zero attached hydrogens (tertiary/aromatic N) is 2. The molecule has 2 unspecified atom stereocenters. The summed E-state index contributed by atoms with van der Waals surface area (Å²) in [4.78, 5) is 63.7. The lowest BCUT2D eigenvalue weighted by molar-refractivity contribution is -0.384. The second-order valence-corrected chi connectivity index (χ2v) is 7.81. The smallest absolute Gasteiger partial charge is 0.338 e. The molecule has 3 aromatic carbocycles. The first-order chi connectivity index (χ1) is 16.8. The molecule has 1 aliphatic rings. The molecule has 0 aliphatic carbocycles. The second kappa shape index (κ2) is 9.68. The molecule has 1 fully saturated rings. The fraction of sp³-hybridized carbons (Fsp3) is 0.154. The van der Waals surface area contributed by atoms with Gasteiger partial charge in [-0.3, -0.25) is 29.4 Å². The standard InChI is InChI=1S/C26H20N2O7/c1-2-35-26(32)17-11-13-19(14-12-17)27-22(18-9-6-10-20(15-18)28(33)34)21(24(30)25(27)31)23(29)16-7-4-3-5-8-16/h3-15,21-22H,2H2,1H3. The Bertz CT molecular complexity index is 1320. The van der Waals surface area contributed by atoms with E-state index in [2.05, 4.69) is 0 Å². The number of ether oxygens (including phenoxy) is 1. The van der Waals surface area contributed by atoms with E-state index < -0.39 is 40.3 Å². The molecule has 1 heterocycles. The quantitative estimate of drug-likeness (QED) is 0.127. The lowest BCUT2D eigenvalue weighted by atomic mass is 9.86. The summed E-state index contributed by atoms with van der Waals surface area (Å²) in [5.74, 6) is -4.34. The van der Waals surface area contributed by atoms with E-state index in [4.69, 9.17) is 4.74 Å². The van der Waals surface area contributed by atoms with Crippen LogP contribution in [0.25, 0.3) is 0 Å². The van der Waals surface area contributed by atoms with Crippen molar-refractivity contribution in [1.29, 1.82) is 0 Å². The van der Waals surface area contributed by atoms with Gasteiger partial charge in [-0.2, -0.15) is 0 Å². The van der Waals surface area contributed by atoms with Gasteiger partial charge < -0.3 is 4.74 Å². The van der Waals surface area contributed by atoms with Gasteiger partial charge >= 0.3 is 5.97 Å². The average Bonchev–Trinajstić information content (AvgIpc) is 3.14. The van der Waals surface area contributed by atoms with E-state index in [9.17, 15) is 29.3 Å². The molecular formula is C26H20N2O7. The predicted octanol–water partition coefficient (Wildman–Crippen LogP) is 3.93. The van der Waals surface area contributed by atoms with Crippen LogP contribution in [0, 0.1) is 16.0 Å². The normalized spacial score (nSPS) is 17.3. The number of carbonyl (C=O) groups is 4. The van der Waals surface area contributed by atoms with E-state index in [-0.39, 0.29) is 34.7 Å². The van der Waals surface area contributed by atoms with Crippen LogP contribution in [0.3, 0.4) is 0 Å². The number of anilines is 1. The van der Waals surface area contributed by atoms with Gasteiger partial charge in [0, 0.05) is 23.4 Å². The Morgan fingerprint density at radius 2 is 1.63 bits per heavy atom. The molecule has 4 rings (SSSR count). The molecule has 9 heteroatoms.